The van der Waals surface area contributed by atoms with Crippen LogP contribution >= 0.6 is 0 Å². The van der Waals surface area contributed by atoms with Crippen molar-refractivity contribution in [2.24, 2.45) is 5.10 Å². The molecule has 0 saturated heterocycles. The van der Waals surface area contributed by atoms with Crippen molar-refractivity contribution < 1.29 is 14.0 Å². The normalized spacial score (nSPS) is 11.0. The van der Waals surface area contributed by atoms with Crippen molar-refractivity contribution in [3.63, 3.8) is 0 Å². The Labute approximate surface area is 128 Å². The number of hydrogen-bond acceptors (Lipinski definition) is 4. The molecular weight excluding hydrogens is 282 g/mol. The molecule has 0 aliphatic heterocycles. The van der Waals surface area contributed by atoms with Crippen LogP contribution in [0.25, 0.3) is 0 Å². The van der Waals surface area contributed by atoms with Gasteiger partial charge in [0.15, 0.2) is 5.76 Å². The molecule has 2 N–H and O–H groups in total. The van der Waals surface area contributed by atoms with Crippen molar-refractivity contribution in [1.82, 2.24) is 10.7 Å². The van der Waals surface area contributed by atoms with Gasteiger partial charge in [0, 0.05) is 12.1 Å². The van der Waals surface area contributed by atoms with Crippen LogP contribution in [0.2, 0.25) is 0 Å². The summed E-state index contributed by atoms with van der Waals surface area (Å²) in [6.45, 7) is 1.66. The van der Waals surface area contributed by atoms with Gasteiger partial charge >= 0.3 is 0 Å². The Morgan fingerprint density at radius 3 is 2.59 bits per heavy atom. The zero-order valence-corrected chi connectivity index (χ0v) is 12.2. The van der Waals surface area contributed by atoms with Gasteiger partial charge in [-0.15, -0.1) is 0 Å². The highest BCUT2D eigenvalue weighted by Gasteiger charge is 2.09. The van der Waals surface area contributed by atoms with Gasteiger partial charge < -0.3 is 9.73 Å². The van der Waals surface area contributed by atoms with E-state index in [1.165, 1.54) is 12.3 Å². The SMILES string of the molecule is CC(Cc1ccccc1)=NNC(=O)CNC(=O)c1ccco1. The number of carbonyl (C=O) groups is 2. The smallest absolute Gasteiger partial charge is 0.287 e. The summed E-state index contributed by atoms with van der Waals surface area (Å²) in [5.74, 6) is -0.672. The lowest BCUT2D eigenvalue weighted by atomic mass is 10.1. The summed E-state index contributed by atoms with van der Waals surface area (Å²) < 4.78 is 4.92. The molecule has 22 heavy (non-hydrogen) atoms. The second-order valence-corrected chi connectivity index (χ2v) is 4.70. The van der Waals surface area contributed by atoms with Gasteiger partial charge in [-0.1, -0.05) is 30.3 Å². The summed E-state index contributed by atoms with van der Waals surface area (Å²) in [6.07, 6.45) is 2.05. The number of carbonyl (C=O) groups excluding carboxylic acids is 2. The number of hydrogen-bond donors (Lipinski definition) is 2. The first-order valence-corrected chi connectivity index (χ1v) is 6.83. The zero-order valence-electron chi connectivity index (χ0n) is 12.2. The molecule has 0 aliphatic carbocycles. The molecule has 0 radical (unpaired) electrons. The van der Waals surface area contributed by atoms with Crippen molar-refractivity contribution in [3.8, 4) is 0 Å². The lowest BCUT2D eigenvalue weighted by Crippen LogP contribution is -2.35. The first-order valence-electron chi connectivity index (χ1n) is 6.83. The predicted molar refractivity (Wildman–Crippen MR) is 82.4 cm³/mol. The fourth-order valence-electron chi connectivity index (χ4n) is 1.78. The summed E-state index contributed by atoms with van der Waals surface area (Å²) in [5, 5.41) is 6.45. The Morgan fingerprint density at radius 2 is 1.91 bits per heavy atom. The lowest BCUT2D eigenvalue weighted by Gasteiger charge is -2.04. The highest BCUT2D eigenvalue weighted by molar-refractivity contribution is 5.94. The van der Waals surface area contributed by atoms with Crippen molar-refractivity contribution in [3.05, 3.63) is 60.1 Å². The molecule has 0 bridgehead atoms. The fraction of sp³-hybridized carbons (Fsp3) is 0.188. The lowest BCUT2D eigenvalue weighted by molar-refractivity contribution is -0.120. The molecule has 0 unspecified atom stereocenters. The molecular formula is C16H17N3O3. The van der Waals surface area contributed by atoms with E-state index in [2.05, 4.69) is 15.8 Å². The van der Waals surface area contributed by atoms with E-state index in [1.807, 2.05) is 37.3 Å². The minimum atomic E-state index is -0.440. The number of furan rings is 1. The average Bonchev–Trinajstić information content (AvgIpc) is 3.06. The molecule has 1 aromatic heterocycles. The number of benzene rings is 1. The average molecular weight is 299 g/mol. The number of nitrogens with zero attached hydrogens (tertiary/aromatic N) is 1. The van der Waals surface area contributed by atoms with Gasteiger partial charge in [0.1, 0.15) is 0 Å². The van der Waals surface area contributed by atoms with E-state index < -0.39 is 11.8 Å². The Balaban J connectivity index is 1.75. The van der Waals surface area contributed by atoms with Crippen LogP contribution in [-0.4, -0.2) is 24.1 Å². The Hall–Kier alpha value is -2.89. The highest BCUT2D eigenvalue weighted by atomic mass is 16.3. The molecule has 0 aliphatic rings. The summed E-state index contributed by atoms with van der Waals surface area (Å²) in [4.78, 5) is 23.2. The van der Waals surface area contributed by atoms with Crippen molar-refractivity contribution in [2.75, 3.05) is 6.54 Å². The number of rotatable bonds is 6. The standard InChI is InChI=1S/C16H17N3O3/c1-12(10-13-6-3-2-4-7-13)18-19-15(20)11-17-16(21)14-8-5-9-22-14/h2-9H,10-11H2,1H3,(H,17,21)(H,19,20). The molecule has 0 fully saturated rings. The predicted octanol–water partition coefficient (Wildman–Crippen LogP) is 1.74. The minimum absolute atomic E-state index is 0.163. The molecule has 6 heteroatoms. The van der Waals surface area contributed by atoms with E-state index >= 15 is 0 Å². The number of nitrogens with one attached hydrogen (secondary N) is 2. The third-order valence-electron chi connectivity index (χ3n) is 2.83. The molecule has 2 amide bonds. The Kier molecular flexibility index (Phi) is 5.48. The second-order valence-electron chi connectivity index (χ2n) is 4.70. The van der Waals surface area contributed by atoms with Crippen LogP contribution in [0.1, 0.15) is 23.0 Å². The van der Waals surface area contributed by atoms with Crippen molar-refractivity contribution >= 4 is 17.5 Å². The van der Waals surface area contributed by atoms with Crippen LogP contribution < -0.4 is 10.7 Å². The molecule has 0 saturated carbocycles. The van der Waals surface area contributed by atoms with Crippen LogP contribution in [-0.2, 0) is 11.2 Å². The molecule has 6 nitrogen and oxygen atoms in total. The quantitative estimate of drug-likeness (QED) is 0.629. The van der Waals surface area contributed by atoms with E-state index in [9.17, 15) is 9.59 Å². The monoisotopic (exact) mass is 299 g/mol. The highest BCUT2D eigenvalue weighted by Crippen LogP contribution is 2.00. The summed E-state index contributed by atoms with van der Waals surface area (Å²) in [7, 11) is 0. The largest absolute Gasteiger partial charge is 0.459 e. The third-order valence-corrected chi connectivity index (χ3v) is 2.83. The van der Waals surface area contributed by atoms with Gasteiger partial charge in [0.2, 0.25) is 0 Å². The van der Waals surface area contributed by atoms with Crippen molar-refractivity contribution in [2.45, 2.75) is 13.3 Å². The third kappa shape index (κ3) is 4.90. The van der Waals surface area contributed by atoms with Crippen molar-refractivity contribution in [1.29, 1.82) is 0 Å². The van der Waals surface area contributed by atoms with E-state index in [4.69, 9.17) is 4.42 Å². The second kappa shape index (κ2) is 7.78. The Morgan fingerprint density at radius 1 is 1.14 bits per heavy atom. The summed E-state index contributed by atoms with van der Waals surface area (Å²) in [5.41, 5.74) is 4.30. The minimum Gasteiger partial charge on any atom is -0.459 e. The molecule has 2 aromatic rings. The Bertz CT molecular complexity index is 649. The maximum Gasteiger partial charge on any atom is 0.287 e. The maximum atomic E-state index is 11.6. The topological polar surface area (TPSA) is 83.7 Å². The van der Waals surface area contributed by atoms with Gasteiger partial charge in [-0.2, -0.15) is 5.10 Å². The van der Waals surface area contributed by atoms with Gasteiger partial charge in [-0.25, -0.2) is 5.43 Å². The van der Waals surface area contributed by atoms with Gasteiger partial charge in [-0.05, 0) is 24.6 Å². The van der Waals surface area contributed by atoms with Crippen LogP contribution in [0.4, 0.5) is 0 Å². The number of hydrazone groups is 1. The van der Waals surface area contributed by atoms with Gasteiger partial charge in [0.25, 0.3) is 11.8 Å². The van der Waals surface area contributed by atoms with Crippen LogP contribution in [0.5, 0.6) is 0 Å². The van der Waals surface area contributed by atoms with E-state index in [-0.39, 0.29) is 12.3 Å². The van der Waals surface area contributed by atoms with Crippen LogP contribution in [0.15, 0.2) is 58.2 Å². The van der Waals surface area contributed by atoms with E-state index in [0.29, 0.717) is 6.42 Å². The van der Waals surface area contributed by atoms with E-state index in [0.717, 1.165) is 11.3 Å². The number of amides is 2. The first-order chi connectivity index (χ1) is 10.6. The van der Waals surface area contributed by atoms with Gasteiger partial charge in [-0.3, -0.25) is 9.59 Å². The zero-order chi connectivity index (χ0) is 15.8. The van der Waals surface area contributed by atoms with Crippen LogP contribution in [0.3, 0.4) is 0 Å². The fourth-order valence-corrected chi connectivity index (χ4v) is 1.78. The van der Waals surface area contributed by atoms with E-state index in [1.54, 1.807) is 6.07 Å². The summed E-state index contributed by atoms with van der Waals surface area (Å²) in [6, 6.07) is 13.0. The molecule has 0 spiro atoms. The maximum absolute atomic E-state index is 11.6. The molecule has 2 rings (SSSR count). The first kappa shape index (κ1) is 15.5. The van der Waals surface area contributed by atoms with Crippen LogP contribution in [0, 0.1) is 0 Å². The molecule has 1 aromatic carbocycles. The summed E-state index contributed by atoms with van der Waals surface area (Å²) >= 11 is 0. The molecule has 0 atom stereocenters. The molecule has 1 heterocycles. The molecule has 114 valence electrons. The van der Waals surface area contributed by atoms with Gasteiger partial charge in [0.05, 0.1) is 12.8 Å².